The van der Waals surface area contributed by atoms with Gasteiger partial charge in [-0.15, -0.1) is 0 Å². The molecule has 0 aliphatic carbocycles. The van der Waals surface area contributed by atoms with Gasteiger partial charge in [0.25, 0.3) is 0 Å². The summed E-state index contributed by atoms with van der Waals surface area (Å²) in [6.45, 7) is 13.9. The maximum absolute atomic E-state index is 5.79. The van der Waals surface area contributed by atoms with Crippen LogP contribution in [-0.2, 0) is 4.74 Å². The molecule has 1 N–H and O–H groups in total. The van der Waals surface area contributed by atoms with Gasteiger partial charge in [-0.1, -0.05) is 86.8 Å². The molecule has 29 heavy (non-hydrogen) atoms. The normalized spacial score (nSPS) is 18.9. The monoisotopic (exact) mass is 397 g/mol. The first-order chi connectivity index (χ1) is 13.9. The molecule has 1 aliphatic rings. The Labute approximate surface area is 180 Å². The second-order valence-electron chi connectivity index (χ2n) is 8.20. The zero-order valence-corrected chi connectivity index (χ0v) is 19.8. The average Bonchev–Trinajstić information content (AvgIpc) is 3.15. The fraction of sp³-hybridized carbons (Fsp3) is 0.556. The summed E-state index contributed by atoms with van der Waals surface area (Å²) in [6, 6.07) is 17.5. The van der Waals surface area contributed by atoms with Gasteiger partial charge in [-0.3, -0.25) is 0 Å². The topological polar surface area (TPSA) is 21.3 Å². The van der Waals surface area contributed by atoms with Crippen LogP contribution in [0.2, 0.25) is 0 Å². The Morgan fingerprint density at radius 2 is 1.41 bits per heavy atom. The molecule has 0 aromatic heterocycles. The molecule has 3 rings (SSSR count). The van der Waals surface area contributed by atoms with Gasteiger partial charge in [0.1, 0.15) is 0 Å². The van der Waals surface area contributed by atoms with E-state index in [2.05, 4.69) is 95.4 Å². The third kappa shape index (κ3) is 9.60. The van der Waals surface area contributed by atoms with Crippen LogP contribution in [-0.4, -0.2) is 19.7 Å². The molecule has 0 amide bonds. The molecule has 0 radical (unpaired) electrons. The number of hydrogen-bond acceptors (Lipinski definition) is 2. The molecule has 2 aromatic carbocycles. The Hall–Kier alpha value is -1.64. The highest BCUT2D eigenvalue weighted by Crippen LogP contribution is 2.32. The minimum atomic E-state index is 0.343. The van der Waals surface area contributed by atoms with E-state index >= 15 is 0 Å². The molecule has 2 nitrogen and oxygen atoms in total. The highest BCUT2D eigenvalue weighted by Gasteiger charge is 2.22. The summed E-state index contributed by atoms with van der Waals surface area (Å²) in [5.41, 5.74) is 5.43. The summed E-state index contributed by atoms with van der Waals surface area (Å²) in [5, 5.41) is 3.23. The standard InChI is InChI=1S/C12H19N.C12H16O.C3H8/c1-4-11(9-13-3)12-7-5-10(2)6-8-12;1-9-3-6-11(7-4-9)12-8-5-10(2)13-12;1-3-2/h5-8,11,13H,4,9H2,1-3H3;3-4,6-7,10,12H,5,8H2,1-2H3;3H2,1-2H3. The van der Waals surface area contributed by atoms with Crippen LogP contribution in [0.3, 0.4) is 0 Å². The first-order valence-corrected chi connectivity index (χ1v) is 11.4. The summed E-state index contributed by atoms with van der Waals surface area (Å²) in [4.78, 5) is 0. The van der Waals surface area contributed by atoms with Gasteiger partial charge in [-0.05, 0) is 64.1 Å². The van der Waals surface area contributed by atoms with Crippen molar-refractivity contribution in [1.29, 1.82) is 0 Å². The largest absolute Gasteiger partial charge is 0.371 e. The van der Waals surface area contributed by atoms with Crippen molar-refractivity contribution in [1.82, 2.24) is 5.32 Å². The molecule has 0 spiro atoms. The maximum Gasteiger partial charge on any atom is 0.0829 e. The third-order valence-electron chi connectivity index (χ3n) is 5.17. The Balaban J connectivity index is 0.000000256. The molecular formula is C27H43NO. The number of ether oxygens (including phenoxy) is 1. The van der Waals surface area contributed by atoms with Gasteiger partial charge in [-0.2, -0.15) is 0 Å². The molecule has 3 atom stereocenters. The van der Waals surface area contributed by atoms with Crippen molar-refractivity contribution < 1.29 is 4.74 Å². The molecule has 1 saturated heterocycles. The first kappa shape index (κ1) is 25.4. The lowest BCUT2D eigenvalue weighted by Gasteiger charge is -2.14. The van der Waals surface area contributed by atoms with Gasteiger partial charge in [0.05, 0.1) is 12.2 Å². The van der Waals surface area contributed by atoms with Crippen LogP contribution in [0.15, 0.2) is 48.5 Å². The molecule has 1 aliphatic heterocycles. The van der Waals surface area contributed by atoms with Crippen molar-refractivity contribution in [2.24, 2.45) is 0 Å². The van der Waals surface area contributed by atoms with Gasteiger partial charge in [0.2, 0.25) is 0 Å². The smallest absolute Gasteiger partial charge is 0.0829 e. The van der Waals surface area contributed by atoms with Crippen LogP contribution in [0, 0.1) is 13.8 Å². The second kappa shape index (κ2) is 14.4. The lowest BCUT2D eigenvalue weighted by atomic mass is 9.96. The van der Waals surface area contributed by atoms with Crippen molar-refractivity contribution in [3.05, 3.63) is 70.8 Å². The molecule has 2 aromatic rings. The maximum atomic E-state index is 5.79. The Bertz CT molecular complexity index is 602. The SMILES string of the molecule is CCC.CCC(CNC)c1ccc(C)cc1.Cc1ccc(C2CCC(C)O2)cc1. The van der Waals surface area contributed by atoms with E-state index in [1.54, 1.807) is 0 Å². The van der Waals surface area contributed by atoms with E-state index in [1.165, 1.54) is 47.9 Å². The first-order valence-electron chi connectivity index (χ1n) is 11.4. The van der Waals surface area contributed by atoms with Gasteiger partial charge in [-0.25, -0.2) is 0 Å². The Kier molecular flexibility index (Phi) is 12.6. The van der Waals surface area contributed by atoms with E-state index in [4.69, 9.17) is 4.74 Å². The fourth-order valence-electron chi connectivity index (χ4n) is 3.41. The van der Waals surface area contributed by atoms with Crippen LogP contribution in [0.1, 0.15) is 87.7 Å². The molecule has 3 unspecified atom stereocenters. The van der Waals surface area contributed by atoms with Crippen LogP contribution in [0.25, 0.3) is 0 Å². The Morgan fingerprint density at radius 1 is 0.897 bits per heavy atom. The van der Waals surface area contributed by atoms with E-state index in [9.17, 15) is 0 Å². The lowest BCUT2D eigenvalue weighted by Crippen LogP contribution is -2.16. The number of nitrogens with one attached hydrogen (secondary N) is 1. The number of aryl methyl sites for hydroxylation is 2. The number of rotatable bonds is 5. The molecular weight excluding hydrogens is 354 g/mol. The summed E-state index contributed by atoms with van der Waals surface area (Å²) >= 11 is 0. The number of benzene rings is 2. The van der Waals surface area contributed by atoms with Crippen molar-refractivity contribution in [3.63, 3.8) is 0 Å². The summed E-state index contributed by atoms with van der Waals surface area (Å²) in [6.07, 6.45) is 5.59. The molecule has 162 valence electrons. The molecule has 0 bridgehead atoms. The highest BCUT2D eigenvalue weighted by molar-refractivity contribution is 5.25. The second-order valence-corrected chi connectivity index (χ2v) is 8.20. The predicted molar refractivity (Wildman–Crippen MR) is 128 cm³/mol. The summed E-state index contributed by atoms with van der Waals surface area (Å²) in [7, 11) is 2.01. The molecule has 1 fully saturated rings. The molecule has 1 heterocycles. The number of hydrogen-bond donors (Lipinski definition) is 1. The number of likely N-dealkylation sites (N-methyl/N-ethyl adjacent to an activating group) is 1. The van der Waals surface area contributed by atoms with Gasteiger partial charge >= 0.3 is 0 Å². The third-order valence-corrected chi connectivity index (χ3v) is 5.17. The molecule has 0 saturated carbocycles. The quantitative estimate of drug-likeness (QED) is 0.569. The van der Waals surface area contributed by atoms with Crippen molar-refractivity contribution >= 4 is 0 Å². The van der Waals surface area contributed by atoms with Crippen molar-refractivity contribution in [2.75, 3.05) is 13.6 Å². The van der Waals surface area contributed by atoms with E-state index in [0.29, 0.717) is 18.1 Å². The summed E-state index contributed by atoms with van der Waals surface area (Å²) in [5.74, 6) is 0.658. The van der Waals surface area contributed by atoms with Crippen LogP contribution in [0.5, 0.6) is 0 Å². The van der Waals surface area contributed by atoms with Crippen LogP contribution >= 0.6 is 0 Å². The average molecular weight is 398 g/mol. The highest BCUT2D eigenvalue weighted by atomic mass is 16.5. The summed E-state index contributed by atoms with van der Waals surface area (Å²) < 4.78 is 5.79. The van der Waals surface area contributed by atoms with E-state index in [-0.39, 0.29) is 0 Å². The van der Waals surface area contributed by atoms with Gasteiger partial charge in [0.15, 0.2) is 0 Å². The van der Waals surface area contributed by atoms with Gasteiger partial charge in [0, 0.05) is 6.54 Å². The van der Waals surface area contributed by atoms with Crippen LogP contribution in [0.4, 0.5) is 0 Å². The fourth-order valence-corrected chi connectivity index (χ4v) is 3.41. The van der Waals surface area contributed by atoms with Crippen LogP contribution < -0.4 is 5.32 Å². The zero-order chi connectivity index (χ0) is 21.6. The van der Waals surface area contributed by atoms with Crippen molar-refractivity contribution in [3.8, 4) is 0 Å². The molecule has 2 heteroatoms. The minimum absolute atomic E-state index is 0.343. The van der Waals surface area contributed by atoms with E-state index in [0.717, 1.165) is 6.54 Å². The lowest BCUT2D eigenvalue weighted by molar-refractivity contribution is 0.0555. The Morgan fingerprint density at radius 3 is 1.83 bits per heavy atom. The predicted octanol–water partition coefficient (Wildman–Crippen LogP) is 7.36. The van der Waals surface area contributed by atoms with Crippen molar-refractivity contribution in [2.45, 2.75) is 85.4 Å². The van der Waals surface area contributed by atoms with Gasteiger partial charge < -0.3 is 10.1 Å². The van der Waals surface area contributed by atoms with E-state index in [1.807, 2.05) is 7.05 Å². The zero-order valence-electron chi connectivity index (χ0n) is 19.8. The van der Waals surface area contributed by atoms with E-state index < -0.39 is 0 Å². The minimum Gasteiger partial charge on any atom is -0.371 e.